The fraction of sp³-hybridized carbons (Fsp3) is 0.872. The van der Waals surface area contributed by atoms with Gasteiger partial charge in [-0.05, 0) is 44.9 Å². The van der Waals surface area contributed by atoms with E-state index in [9.17, 15) is 63.1 Å². The van der Waals surface area contributed by atoms with Gasteiger partial charge in [0.2, 0.25) is 0 Å². The third-order valence-electron chi connectivity index (χ3n) is 11.8. The zero-order chi connectivity index (χ0) is 51.4. The largest absolute Gasteiger partial charge is 0.472 e. The van der Waals surface area contributed by atoms with Gasteiger partial charge in [0.25, 0.3) is 0 Å². The molecule has 1 rings (SSSR count). The summed E-state index contributed by atoms with van der Waals surface area (Å²) in [6.45, 7) is 2.94. The SMILES string of the molecule is CCCCCC=CCC=CCCCCCCCCCCCC(=O)OCC(COP(=O)(O)OC1C(O)C(O)C(OP(=O)(O)O)C(OP(=O)(O)O)C1O)OC(=O)CCCCCCCCCCCCCCC. The molecule has 0 aromatic carbocycles. The molecule has 1 aliphatic carbocycles. The van der Waals surface area contributed by atoms with Crippen molar-refractivity contribution < 1.29 is 90.6 Å². The number of ether oxygens (including phenoxy) is 2. The summed E-state index contributed by atoms with van der Waals surface area (Å²) in [5, 5.41) is 31.9. The number of phosphoric acid groups is 3. The van der Waals surface area contributed by atoms with Crippen LogP contribution in [0.3, 0.4) is 0 Å². The summed E-state index contributed by atoms with van der Waals surface area (Å²) in [6, 6.07) is 0. The van der Waals surface area contributed by atoms with Crippen LogP contribution < -0.4 is 0 Å². The molecule has 1 fully saturated rings. The number of rotatable bonds is 44. The Hall–Kier alpha value is -1.37. The molecule has 8 N–H and O–H groups in total. The quantitative estimate of drug-likeness (QED) is 0.0122. The highest BCUT2D eigenvalue weighted by atomic mass is 31.2. The Morgan fingerprint density at radius 2 is 0.841 bits per heavy atom. The second-order valence-electron chi connectivity index (χ2n) is 18.1. The Morgan fingerprint density at radius 3 is 1.30 bits per heavy atom. The predicted molar refractivity (Wildman–Crippen MR) is 261 cm³/mol. The van der Waals surface area contributed by atoms with Gasteiger partial charge in [-0.2, -0.15) is 0 Å². The van der Waals surface area contributed by atoms with Crippen LogP contribution in [-0.2, 0) is 50.9 Å². The van der Waals surface area contributed by atoms with Crippen molar-refractivity contribution in [2.75, 3.05) is 13.2 Å². The fourth-order valence-electron chi connectivity index (χ4n) is 7.91. The number of aliphatic hydroxyl groups excluding tert-OH is 3. The van der Waals surface area contributed by atoms with Gasteiger partial charge in [-0.3, -0.25) is 27.7 Å². The van der Waals surface area contributed by atoms with Gasteiger partial charge in [0.1, 0.15) is 43.2 Å². The van der Waals surface area contributed by atoms with E-state index >= 15 is 0 Å². The summed E-state index contributed by atoms with van der Waals surface area (Å²) in [7, 11) is -16.6. The van der Waals surface area contributed by atoms with Gasteiger partial charge in [-0.15, -0.1) is 0 Å². The molecule has 8 unspecified atom stereocenters. The highest BCUT2D eigenvalue weighted by Crippen LogP contribution is 2.51. The molecule has 1 aliphatic rings. The molecular weight excluding hydrogens is 961 g/mol. The van der Waals surface area contributed by atoms with E-state index in [1.54, 1.807) is 0 Å². The van der Waals surface area contributed by atoms with Crippen LogP contribution in [0, 0.1) is 0 Å². The lowest BCUT2D eigenvalue weighted by Crippen LogP contribution is -2.65. The van der Waals surface area contributed by atoms with E-state index in [2.05, 4.69) is 47.2 Å². The monoisotopic (exact) mass is 1050 g/mol. The molecule has 0 saturated heterocycles. The number of esters is 2. The van der Waals surface area contributed by atoms with E-state index in [-0.39, 0.29) is 12.8 Å². The number of hydrogen-bond acceptors (Lipinski definition) is 14. The Bertz CT molecular complexity index is 1540. The maximum Gasteiger partial charge on any atom is 0.472 e. The van der Waals surface area contributed by atoms with Gasteiger partial charge in [-0.25, -0.2) is 13.7 Å². The van der Waals surface area contributed by atoms with Crippen LogP contribution in [0.5, 0.6) is 0 Å². The molecule has 0 spiro atoms. The van der Waals surface area contributed by atoms with E-state index in [0.717, 1.165) is 83.5 Å². The van der Waals surface area contributed by atoms with Crippen molar-refractivity contribution in [2.24, 2.45) is 0 Å². The number of carbonyl (C=O) groups is 2. The van der Waals surface area contributed by atoms with Crippen LogP contribution in [0.1, 0.15) is 206 Å². The second kappa shape index (κ2) is 39.1. The average Bonchev–Trinajstić information content (AvgIpc) is 3.28. The molecular formula is C47H89O19P3. The van der Waals surface area contributed by atoms with Crippen LogP contribution in [0.4, 0.5) is 0 Å². The average molecular weight is 1050 g/mol. The maximum absolute atomic E-state index is 13.1. The van der Waals surface area contributed by atoms with Crippen molar-refractivity contribution in [3.05, 3.63) is 24.3 Å². The molecule has 0 aliphatic heterocycles. The lowest BCUT2D eigenvalue weighted by atomic mass is 9.85. The summed E-state index contributed by atoms with van der Waals surface area (Å²) in [6.07, 6.45) is 23.3. The first-order valence-electron chi connectivity index (χ1n) is 25.6. The van der Waals surface area contributed by atoms with Gasteiger partial charge in [0.15, 0.2) is 6.10 Å². The van der Waals surface area contributed by atoms with Gasteiger partial charge in [0, 0.05) is 12.8 Å². The third-order valence-corrected chi connectivity index (χ3v) is 13.8. The van der Waals surface area contributed by atoms with E-state index in [0.29, 0.717) is 12.8 Å². The van der Waals surface area contributed by atoms with Crippen molar-refractivity contribution in [3.63, 3.8) is 0 Å². The number of allylic oxidation sites excluding steroid dienone is 4. The normalized spacial score (nSPS) is 21.5. The number of phosphoric ester groups is 3. The standard InChI is InChI=1S/C47H89O19P3/c1-3-5-7-9-11-13-15-17-18-19-20-21-22-24-25-27-29-31-33-35-40(48)61-37-39(63-41(49)36-34-32-30-28-26-23-16-14-12-10-8-6-4-2)38-62-69(59,60)66-45-42(50)43(51)46(64-67(53,54)55)47(44(45)52)65-68(56,57)58/h11,13,17-18,39,42-47,50-52H,3-10,12,14-16,19-38H2,1-2H3,(H,59,60)(H2,53,54,55)(H2,56,57,58). The molecule has 0 heterocycles. The summed E-state index contributed by atoms with van der Waals surface area (Å²) >= 11 is 0. The Kier molecular flexibility index (Phi) is 37.2. The number of unbranched alkanes of at least 4 members (excludes halogenated alkanes) is 24. The molecule has 0 aromatic heterocycles. The first-order valence-corrected chi connectivity index (χ1v) is 30.2. The number of carbonyl (C=O) groups excluding carboxylic acids is 2. The molecule has 69 heavy (non-hydrogen) atoms. The smallest absolute Gasteiger partial charge is 0.462 e. The lowest BCUT2D eigenvalue weighted by Gasteiger charge is -2.44. The minimum absolute atomic E-state index is 0.00134. The summed E-state index contributed by atoms with van der Waals surface area (Å²) in [4.78, 5) is 73.3. The van der Waals surface area contributed by atoms with Crippen molar-refractivity contribution in [2.45, 2.75) is 249 Å². The minimum Gasteiger partial charge on any atom is -0.462 e. The molecule has 406 valence electrons. The van der Waals surface area contributed by atoms with Gasteiger partial charge < -0.3 is 49.3 Å². The third kappa shape index (κ3) is 35.4. The van der Waals surface area contributed by atoms with Crippen molar-refractivity contribution in [1.82, 2.24) is 0 Å². The molecule has 1 saturated carbocycles. The predicted octanol–water partition coefficient (Wildman–Crippen LogP) is 9.85. The Balaban J connectivity index is 2.66. The van der Waals surface area contributed by atoms with Crippen LogP contribution in [-0.4, -0.2) is 108 Å². The lowest BCUT2D eigenvalue weighted by molar-refractivity contribution is -0.213. The molecule has 0 radical (unpaired) electrons. The van der Waals surface area contributed by atoms with E-state index < -0.39 is 91.3 Å². The van der Waals surface area contributed by atoms with Gasteiger partial charge in [-0.1, -0.05) is 173 Å². The van der Waals surface area contributed by atoms with Crippen molar-refractivity contribution >= 4 is 35.4 Å². The second-order valence-corrected chi connectivity index (χ2v) is 21.9. The fourth-order valence-corrected chi connectivity index (χ4v) is 10.0. The van der Waals surface area contributed by atoms with Gasteiger partial charge in [0.05, 0.1) is 6.61 Å². The maximum atomic E-state index is 13.1. The Morgan fingerprint density at radius 1 is 0.464 bits per heavy atom. The van der Waals surface area contributed by atoms with Gasteiger partial charge >= 0.3 is 35.4 Å². The zero-order valence-electron chi connectivity index (χ0n) is 41.4. The van der Waals surface area contributed by atoms with Crippen LogP contribution in [0.2, 0.25) is 0 Å². The topological polar surface area (TPSA) is 303 Å². The van der Waals surface area contributed by atoms with Crippen LogP contribution in [0.25, 0.3) is 0 Å². The van der Waals surface area contributed by atoms with E-state index in [4.69, 9.17) is 18.5 Å². The minimum atomic E-state index is -5.60. The first-order chi connectivity index (χ1) is 32.8. The van der Waals surface area contributed by atoms with E-state index in [1.807, 2.05) is 0 Å². The molecule has 0 aromatic rings. The Labute approximate surface area is 411 Å². The van der Waals surface area contributed by atoms with Crippen molar-refractivity contribution in [3.8, 4) is 0 Å². The van der Waals surface area contributed by atoms with Crippen molar-refractivity contribution in [1.29, 1.82) is 0 Å². The summed E-state index contributed by atoms with van der Waals surface area (Å²) in [5.41, 5.74) is 0. The number of aliphatic hydroxyl groups is 3. The molecule has 19 nitrogen and oxygen atoms in total. The number of hydrogen-bond donors (Lipinski definition) is 8. The van der Waals surface area contributed by atoms with Crippen LogP contribution >= 0.6 is 23.5 Å². The first kappa shape index (κ1) is 65.6. The molecule has 8 atom stereocenters. The molecule has 0 amide bonds. The summed E-state index contributed by atoms with van der Waals surface area (Å²) < 4.78 is 65.6. The molecule has 0 bridgehead atoms. The van der Waals surface area contributed by atoms with E-state index in [1.165, 1.54) is 83.5 Å². The van der Waals surface area contributed by atoms with Crippen LogP contribution in [0.15, 0.2) is 24.3 Å². The highest BCUT2D eigenvalue weighted by Gasteiger charge is 2.56. The zero-order valence-corrected chi connectivity index (χ0v) is 44.1. The summed E-state index contributed by atoms with van der Waals surface area (Å²) in [5.74, 6) is -1.29. The molecule has 22 heteroatoms. The highest BCUT2D eigenvalue weighted by molar-refractivity contribution is 7.47.